The zero-order chi connectivity index (χ0) is 29.8. The number of hydrogen-bond donors (Lipinski definition) is 6. The van der Waals surface area contributed by atoms with Crippen molar-refractivity contribution in [3.63, 3.8) is 0 Å². The number of esters is 1. The number of phenolic OH excluding ortho intramolecular Hbond substituents is 2. The van der Waals surface area contributed by atoms with Crippen LogP contribution in [0.5, 0.6) is 23.0 Å². The van der Waals surface area contributed by atoms with Crippen LogP contribution in [0, 0.1) is 0 Å². The van der Waals surface area contributed by atoms with E-state index < -0.39 is 46.6 Å². The fourth-order valence-electron chi connectivity index (χ4n) is 5.16. The summed E-state index contributed by atoms with van der Waals surface area (Å²) in [6.45, 7) is 0. The Kier molecular flexibility index (Phi) is 6.29. The Morgan fingerprint density at radius 1 is 0.659 bits per heavy atom. The lowest BCUT2D eigenvalue weighted by atomic mass is 9.75. The molecule has 0 fully saturated rings. The van der Waals surface area contributed by atoms with E-state index in [1.807, 2.05) is 0 Å². The first-order valence-electron chi connectivity index (χ1n) is 12.1. The number of benzene rings is 3. The number of carboxylic acids is 4. The molecule has 41 heavy (non-hydrogen) atoms. The number of hydrogen-bond acceptors (Lipinski definition) is 9. The van der Waals surface area contributed by atoms with Gasteiger partial charge >= 0.3 is 29.8 Å². The van der Waals surface area contributed by atoms with Crippen LogP contribution in [-0.2, 0) is 32.8 Å². The third kappa shape index (κ3) is 4.33. The Morgan fingerprint density at radius 3 is 1.56 bits per heavy atom. The summed E-state index contributed by atoms with van der Waals surface area (Å²) in [4.78, 5) is 59.6. The van der Waals surface area contributed by atoms with Gasteiger partial charge < -0.3 is 40.1 Å². The molecule has 0 unspecified atom stereocenters. The van der Waals surface area contributed by atoms with E-state index in [1.54, 1.807) is 0 Å². The van der Waals surface area contributed by atoms with Gasteiger partial charge in [-0.25, -0.2) is 14.4 Å². The maximum Gasteiger partial charge on any atom is 0.340 e. The molecule has 5 rings (SSSR count). The highest BCUT2D eigenvalue weighted by Crippen LogP contribution is 2.58. The van der Waals surface area contributed by atoms with Crippen molar-refractivity contribution >= 4 is 29.8 Å². The molecule has 1 spiro atoms. The van der Waals surface area contributed by atoms with Crippen molar-refractivity contribution in [3.05, 3.63) is 80.9 Å². The smallest absolute Gasteiger partial charge is 0.340 e. The van der Waals surface area contributed by atoms with Gasteiger partial charge in [-0.2, -0.15) is 0 Å². The summed E-state index contributed by atoms with van der Waals surface area (Å²) < 4.78 is 11.8. The molecule has 3 aromatic carbocycles. The zero-order valence-corrected chi connectivity index (χ0v) is 20.8. The van der Waals surface area contributed by atoms with Crippen LogP contribution < -0.4 is 4.74 Å². The number of aliphatic carboxylic acids is 2. The predicted molar refractivity (Wildman–Crippen MR) is 134 cm³/mol. The molecule has 0 radical (unpaired) electrons. The molecule has 0 aliphatic carbocycles. The van der Waals surface area contributed by atoms with Crippen LogP contribution in [0.1, 0.15) is 71.7 Å². The van der Waals surface area contributed by atoms with Gasteiger partial charge in [0.25, 0.3) is 0 Å². The molecule has 3 aromatic rings. The van der Waals surface area contributed by atoms with Gasteiger partial charge in [0.05, 0.1) is 16.7 Å². The number of ether oxygens (including phenoxy) is 2. The molecule has 6 N–H and O–H groups in total. The first-order valence-corrected chi connectivity index (χ1v) is 12.1. The number of aryl methyl sites for hydroxylation is 2. The fraction of sp³-hybridized carbons (Fsp3) is 0.179. The summed E-state index contributed by atoms with van der Waals surface area (Å²) in [5.41, 5.74) is -3.30. The number of aromatic hydroxyl groups is 2. The molecule has 0 saturated carbocycles. The molecule has 2 heterocycles. The maximum absolute atomic E-state index is 13.3. The lowest BCUT2D eigenvalue weighted by Crippen LogP contribution is -2.33. The van der Waals surface area contributed by atoms with Gasteiger partial charge in [-0.1, -0.05) is 0 Å². The van der Waals surface area contributed by atoms with E-state index in [0.717, 1.165) is 24.3 Å². The summed E-state index contributed by atoms with van der Waals surface area (Å²) in [5.74, 6) is -7.37. The minimum Gasteiger partial charge on any atom is -0.508 e. The zero-order valence-electron chi connectivity index (χ0n) is 20.8. The third-order valence-electron chi connectivity index (χ3n) is 7.02. The molecular weight excluding hydrogens is 544 g/mol. The molecule has 13 nitrogen and oxygen atoms in total. The van der Waals surface area contributed by atoms with Crippen molar-refractivity contribution in [3.8, 4) is 23.0 Å². The standard InChI is InChI=1S/C28H20O13/c29-19-9-21-17(5-11(19)1-3-23(31)32)28(18-6-12(2-4-24(33)34)20(30)10-22(18)40-21)16-8-14(26(37)38)13(25(35)36)7-15(16)27(39)41-28/h5-10,29-30H,1-4H2,(H,31,32)(H,33,34)(H,35,36)(H,37,38). The Balaban J connectivity index is 1.85. The highest BCUT2D eigenvalue weighted by Gasteiger charge is 2.55. The van der Waals surface area contributed by atoms with E-state index in [4.69, 9.17) is 19.7 Å². The van der Waals surface area contributed by atoms with E-state index in [-0.39, 0.29) is 82.1 Å². The maximum atomic E-state index is 13.3. The topological polar surface area (TPSA) is 225 Å². The van der Waals surface area contributed by atoms with Gasteiger partial charge in [0, 0.05) is 41.7 Å². The quantitative estimate of drug-likeness (QED) is 0.217. The van der Waals surface area contributed by atoms with Gasteiger partial charge in [0.15, 0.2) is 5.60 Å². The molecule has 0 bridgehead atoms. The number of phenols is 2. The number of carboxylic acid groups (broad SMARTS) is 4. The van der Waals surface area contributed by atoms with Crippen LogP contribution in [0.2, 0.25) is 0 Å². The number of carbonyl (C=O) groups is 5. The molecule has 0 atom stereocenters. The summed E-state index contributed by atoms with van der Waals surface area (Å²) in [7, 11) is 0. The molecule has 2 aliphatic heterocycles. The van der Waals surface area contributed by atoms with Crippen molar-refractivity contribution in [2.45, 2.75) is 31.3 Å². The molecule has 0 aromatic heterocycles. The molecule has 2 aliphatic rings. The first kappa shape index (κ1) is 27.0. The van der Waals surface area contributed by atoms with E-state index in [1.165, 1.54) is 12.1 Å². The summed E-state index contributed by atoms with van der Waals surface area (Å²) >= 11 is 0. The van der Waals surface area contributed by atoms with Crippen LogP contribution in [-0.4, -0.2) is 60.5 Å². The second-order valence-corrected chi connectivity index (χ2v) is 9.47. The second-order valence-electron chi connectivity index (χ2n) is 9.47. The van der Waals surface area contributed by atoms with Crippen LogP contribution >= 0.6 is 0 Å². The van der Waals surface area contributed by atoms with Crippen molar-refractivity contribution in [2.75, 3.05) is 0 Å². The van der Waals surface area contributed by atoms with Crippen molar-refractivity contribution in [1.82, 2.24) is 0 Å². The van der Waals surface area contributed by atoms with Gasteiger partial charge in [-0.05, 0) is 48.2 Å². The molecule has 13 heteroatoms. The highest BCUT2D eigenvalue weighted by molar-refractivity contribution is 6.06. The lowest BCUT2D eigenvalue weighted by molar-refractivity contribution is -0.138. The van der Waals surface area contributed by atoms with Crippen LogP contribution in [0.25, 0.3) is 0 Å². The lowest BCUT2D eigenvalue weighted by Gasteiger charge is -2.37. The predicted octanol–water partition coefficient (Wildman–Crippen LogP) is 3.10. The highest BCUT2D eigenvalue weighted by atomic mass is 16.6. The van der Waals surface area contributed by atoms with E-state index in [0.29, 0.717) is 0 Å². The van der Waals surface area contributed by atoms with Crippen LogP contribution in [0.4, 0.5) is 0 Å². The average Bonchev–Trinajstić information content (AvgIpc) is 3.17. The number of carbonyl (C=O) groups excluding carboxylic acids is 1. The Labute approximate surface area is 229 Å². The monoisotopic (exact) mass is 564 g/mol. The van der Waals surface area contributed by atoms with E-state index >= 15 is 0 Å². The molecular formula is C28H20O13. The minimum atomic E-state index is -2.01. The molecule has 0 amide bonds. The van der Waals surface area contributed by atoms with E-state index in [9.17, 15) is 44.4 Å². The Bertz CT molecular complexity index is 1630. The normalized spacial score (nSPS) is 13.9. The van der Waals surface area contributed by atoms with Gasteiger partial charge in [-0.3, -0.25) is 9.59 Å². The van der Waals surface area contributed by atoms with Crippen LogP contribution in [0.3, 0.4) is 0 Å². The molecule has 210 valence electrons. The number of fused-ring (bicyclic) bond motifs is 6. The number of rotatable bonds is 8. The minimum absolute atomic E-state index is 0.0598. The van der Waals surface area contributed by atoms with Gasteiger partial charge in [0.2, 0.25) is 0 Å². The molecule has 0 saturated heterocycles. The number of aromatic carboxylic acids is 2. The fourth-order valence-corrected chi connectivity index (χ4v) is 5.16. The van der Waals surface area contributed by atoms with Crippen molar-refractivity contribution in [1.29, 1.82) is 0 Å². The largest absolute Gasteiger partial charge is 0.508 e. The average molecular weight is 564 g/mol. The Hall–Kier alpha value is -5.59. The van der Waals surface area contributed by atoms with Crippen LogP contribution in [0.15, 0.2) is 36.4 Å². The summed E-state index contributed by atoms with van der Waals surface area (Å²) in [5, 5.41) is 58.9. The van der Waals surface area contributed by atoms with Crippen molar-refractivity contribution < 1.29 is 64.1 Å². The van der Waals surface area contributed by atoms with Gasteiger partial charge in [0.1, 0.15) is 23.0 Å². The third-order valence-corrected chi connectivity index (χ3v) is 7.02. The summed E-state index contributed by atoms with van der Waals surface area (Å²) in [6.07, 6.45) is -1.02. The Morgan fingerprint density at radius 2 is 1.12 bits per heavy atom. The SMILES string of the molecule is O=C(O)CCc1cc2c(cc1O)Oc1cc(O)c(CCC(=O)O)cc1C21OC(=O)c2cc(C(=O)O)c(C(=O)O)cc21. The first-order chi connectivity index (χ1) is 19.3. The van der Waals surface area contributed by atoms with Gasteiger partial charge in [-0.15, -0.1) is 0 Å². The van der Waals surface area contributed by atoms with Crippen molar-refractivity contribution in [2.24, 2.45) is 0 Å². The second kappa shape index (κ2) is 9.55. The van der Waals surface area contributed by atoms with E-state index in [2.05, 4.69) is 0 Å². The summed E-state index contributed by atoms with van der Waals surface area (Å²) in [6, 6.07) is 6.86.